The van der Waals surface area contributed by atoms with E-state index in [1.807, 2.05) is 41.5 Å². The summed E-state index contributed by atoms with van der Waals surface area (Å²) in [4.78, 5) is 27.7. The molecule has 7 heteroatoms. The lowest BCUT2D eigenvalue weighted by Crippen LogP contribution is -2.52. The van der Waals surface area contributed by atoms with Crippen LogP contribution in [0.1, 0.15) is 28.1 Å². The van der Waals surface area contributed by atoms with Crippen molar-refractivity contribution in [2.24, 2.45) is 5.92 Å². The second kappa shape index (κ2) is 6.93. The predicted octanol–water partition coefficient (Wildman–Crippen LogP) is 4.13. The first-order valence-electron chi connectivity index (χ1n) is 8.69. The van der Waals surface area contributed by atoms with Crippen molar-refractivity contribution in [1.29, 1.82) is 0 Å². The largest absolute Gasteiger partial charge is 0.347 e. The van der Waals surface area contributed by atoms with Crippen molar-refractivity contribution in [1.82, 2.24) is 10.2 Å². The Labute approximate surface area is 161 Å². The average molecular weight is 390 g/mol. The Balaban J connectivity index is 1.43. The number of aryl methyl sites for hydroxylation is 1. The van der Waals surface area contributed by atoms with Crippen LogP contribution in [0.15, 0.2) is 35.7 Å². The fourth-order valence-electron chi connectivity index (χ4n) is 4.02. The van der Waals surface area contributed by atoms with Gasteiger partial charge in [-0.2, -0.15) is 0 Å². The van der Waals surface area contributed by atoms with Crippen LogP contribution >= 0.6 is 22.9 Å². The highest BCUT2D eigenvalue weighted by Crippen LogP contribution is 2.38. The maximum atomic E-state index is 12.8. The van der Waals surface area contributed by atoms with Gasteiger partial charge >= 0.3 is 6.03 Å². The second-order valence-electron chi connectivity index (χ2n) is 7.00. The van der Waals surface area contributed by atoms with E-state index in [1.165, 1.54) is 11.3 Å². The number of benzene rings is 1. The van der Waals surface area contributed by atoms with Crippen molar-refractivity contribution in [3.05, 3.63) is 51.2 Å². The van der Waals surface area contributed by atoms with Gasteiger partial charge in [-0.15, -0.1) is 11.3 Å². The number of halogens is 1. The van der Waals surface area contributed by atoms with Gasteiger partial charge in [-0.1, -0.05) is 17.7 Å². The lowest BCUT2D eigenvalue weighted by atomic mass is 10.1. The number of hydrogen-bond acceptors (Lipinski definition) is 3. The van der Waals surface area contributed by atoms with E-state index in [0.29, 0.717) is 15.8 Å². The molecule has 1 aromatic carbocycles. The van der Waals surface area contributed by atoms with E-state index in [2.05, 4.69) is 10.6 Å². The summed E-state index contributed by atoms with van der Waals surface area (Å²) in [6.45, 7) is 2.66. The smallest absolute Gasteiger partial charge is 0.322 e. The van der Waals surface area contributed by atoms with Crippen molar-refractivity contribution < 1.29 is 9.59 Å². The van der Waals surface area contributed by atoms with Crippen LogP contribution < -0.4 is 10.6 Å². The number of piperidine rings is 1. The van der Waals surface area contributed by atoms with E-state index in [4.69, 9.17) is 11.6 Å². The zero-order valence-corrected chi connectivity index (χ0v) is 15.9. The summed E-state index contributed by atoms with van der Waals surface area (Å²) >= 11 is 7.41. The first kappa shape index (κ1) is 17.4. The maximum Gasteiger partial charge on any atom is 0.322 e. The minimum absolute atomic E-state index is 0.0143. The Kier molecular flexibility index (Phi) is 4.63. The summed E-state index contributed by atoms with van der Waals surface area (Å²) in [5, 5.41) is 8.64. The number of nitrogens with zero attached hydrogens (tertiary/aromatic N) is 1. The summed E-state index contributed by atoms with van der Waals surface area (Å²) in [5.41, 5.74) is 1.69. The highest BCUT2D eigenvalue weighted by molar-refractivity contribution is 7.12. The van der Waals surface area contributed by atoms with Crippen molar-refractivity contribution in [3.8, 4) is 0 Å². The SMILES string of the molecule is Cc1cc(Cl)ccc1NC(=O)N1C[C@@H]2C[C@H](NC(=O)c3cccs3)[C@H]1C2. The van der Waals surface area contributed by atoms with Gasteiger partial charge in [-0.3, -0.25) is 4.79 Å². The quantitative estimate of drug-likeness (QED) is 0.828. The van der Waals surface area contributed by atoms with E-state index >= 15 is 0 Å². The van der Waals surface area contributed by atoms with E-state index in [1.54, 1.807) is 6.07 Å². The summed E-state index contributed by atoms with van der Waals surface area (Å²) in [7, 11) is 0. The number of likely N-dealkylation sites (tertiary alicyclic amines) is 1. The molecule has 1 aromatic heterocycles. The van der Waals surface area contributed by atoms with Crippen LogP contribution in [0.4, 0.5) is 10.5 Å². The average Bonchev–Trinajstić information content (AvgIpc) is 3.33. The number of rotatable bonds is 3. The van der Waals surface area contributed by atoms with Gasteiger partial charge in [0.1, 0.15) is 0 Å². The third kappa shape index (κ3) is 3.31. The summed E-state index contributed by atoms with van der Waals surface area (Å²) < 4.78 is 0. The summed E-state index contributed by atoms with van der Waals surface area (Å²) in [5.74, 6) is 0.400. The van der Waals surface area contributed by atoms with Gasteiger partial charge in [0.2, 0.25) is 0 Å². The Morgan fingerprint density at radius 1 is 1.27 bits per heavy atom. The van der Waals surface area contributed by atoms with Gasteiger partial charge in [0.05, 0.1) is 17.0 Å². The van der Waals surface area contributed by atoms with E-state index in [0.717, 1.165) is 30.6 Å². The Morgan fingerprint density at radius 3 is 2.81 bits per heavy atom. The molecule has 2 N–H and O–H groups in total. The molecule has 26 heavy (non-hydrogen) atoms. The number of thiophene rings is 1. The van der Waals surface area contributed by atoms with Gasteiger partial charge in [0.15, 0.2) is 0 Å². The van der Waals surface area contributed by atoms with Crippen LogP contribution in [0.5, 0.6) is 0 Å². The number of fused-ring (bicyclic) bond motifs is 2. The standard InChI is InChI=1S/C19H20ClN3O2S/c1-11-7-13(20)4-5-14(11)22-19(25)23-10-12-8-15(16(23)9-12)21-18(24)17-3-2-6-26-17/h2-7,12,15-16H,8-10H2,1H3,(H,21,24)(H,22,25)/t12-,15+,16-/m1/s1. The summed E-state index contributed by atoms with van der Waals surface area (Å²) in [6, 6.07) is 9.06. The zero-order valence-electron chi connectivity index (χ0n) is 14.4. The van der Waals surface area contributed by atoms with Crippen molar-refractivity contribution >= 4 is 40.6 Å². The van der Waals surface area contributed by atoms with Gasteiger partial charge < -0.3 is 15.5 Å². The number of amides is 3. The minimum atomic E-state index is -0.113. The Hall–Kier alpha value is -2.05. The van der Waals surface area contributed by atoms with Crippen LogP contribution in [0.2, 0.25) is 5.02 Å². The van der Waals surface area contributed by atoms with Crippen molar-refractivity contribution in [3.63, 3.8) is 0 Å². The van der Waals surface area contributed by atoms with Crippen LogP contribution in [0.25, 0.3) is 0 Å². The predicted molar refractivity (Wildman–Crippen MR) is 104 cm³/mol. The molecule has 3 amide bonds. The molecule has 5 nitrogen and oxygen atoms in total. The number of carbonyl (C=O) groups is 2. The van der Waals surface area contributed by atoms with E-state index in [9.17, 15) is 9.59 Å². The fourth-order valence-corrected chi connectivity index (χ4v) is 4.87. The van der Waals surface area contributed by atoms with Gasteiger partial charge in [-0.05, 0) is 60.9 Å². The molecule has 3 atom stereocenters. The topological polar surface area (TPSA) is 61.4 Å². The van der Waals surface area contributed by atoms with Gasteiger partial charge in [-0.25, -0.2) is 4.79 Å². The molecule has 136 valence electrons. The fraction of sp³-hybridized carbons (Fsp3) is 0.368. The van der Waals surface area contributed by atoms with Crippen LogP contribution in [-0.2, 0) is 0 Å². The van der Waals surface area contributed by atoms with Crippen LogP contribution in [0, 0.1) is 12.8 Å². The number of anilines is 1. The highest BCUT2D eigenvalue weighted by Gasteiger charge is 2.47. The number of nitrogens with one attached hydrogen (secondary N) is 2. The third-order valence-electron chi connectivity index (χ3n) is 5.23. The normalized spacial score (nSPS) is 23.9. The molecule has 2 fully saturated rings. The van der Waals surface area contributed by atoms with E-state index in [-0.39, 0.29) is 24.0 Å². The van der Waals surface area contributed by atoms with E-state index < -0.39 is 0 Å². The highest BCUT2D eigenvalue weighted by atomic mass is 35.5. The molecule has 4 rings (SSSR count). The number of urea groups is 1. The molecule has 1 aliphatic heterocycles. The minimum Gasteiger partial charge on any atom is -0.347 e. The molecule has 1 saturated heterocycles. The molecule has 2 bridgehead atoms. The number of hydrogen-bond donors (Lipinski definition) is 2. The zero-order chi connectivity index (χ0) is 18.3. The first-order chi connectivity index (χ1) is 12.5. The molecule has 0 spiro atoms. The molecule has 0 unspecified atom stereocenters. The molecule has 2 aromatic rings. The Morgan fingerprint density at radius 2 is 2.12 bits per heavy atom. The van der Waals surface area contributed by atoms with Crippen molar-refractivity contribution in [2.75, 3.05) is 11.9 Å². The monoisotopic (exact) mass is 389 g/mol. The molecular formula is C19H20ClN3O2S. The second-order valence-corrected chi connectivity index (χ2v) is 8.39. The lowest BCUT2D eigenvalue weighted by molar-refractivity contribution is 0.0910. The Bertz CT molecular complexity index is 839. The number of carbonyl (C=O) groups excluding carboxylic acids is 2. The third-order valence-corrected chi connectivity index (χ3v) is 6.34. The molecule has 0 radical (unpaired) electrons. The molecule has 1 saturated carbocycles. The molecule has 1 aliphatic carbocycles. The van der Waals surface area contributed by atoms with Crippen LogP contribution in [0.3, 0.4) is 0 Å². The molecule has 2 aliphatic rings. The molecule has 2 heterocycles. The van der Waals surface area contributed by atoms with Crippen molar-refractivity contribution in [2.45, 2.75) is 31.8 Å². The van der Waals surface area contributed by atoms with Gasteiger partial charge in [0, 0.05) is 17.3 Å². The first-order valence-corrected chi connectivity index (χ1v) is 9.95. The lowest BCUT2D eigenvalue weighted by Gasteiger charge is -2.33. The van der Waals surface area contributed by atoms with Crippen LogP contribution in [-0.4, -0.2) is 35.5 Å². The van der Waals surface area contributed by atoms with Gasteiger partial charge in [0.25, 0.3) is 5.91 Å². The molecular weight excluding hydrogens is 370 g/mol. The maximum absolute atomic E-state index is 12.8. The summed E-state index contributed by atoms with van der Waals surface area (Å²) in [6.07, 6.45) is 1.88.